The maximum Gasteiger partial charge on any atom is 0.237 e. The minimum absolute atomic E-state index is 0.207. The van der Waals surface area contributed by atoms with Crippen LogP contribution >= 0.6 is 0 Å². The fourth-order valence-corrected chi connectivity index (χ4v) is 1.90. The number of imide groups is 1. The van der Waals surface area contributed by atoms with Gasteiger partial charge in [0.25, 0.3) is 0 Å². The third kappa shape index (κ3) is 1.56. The average Bonchev–Trinajstić information content (AvgIpc) is 2.54. The molecule has 1 atom stereocenters. The molecule has 0 aliphatic carbocycles. The van der Waals surface area contributed by atoms with E-state index in [1.165, 1.54) is 0 Å². The molecule has 16 heavy (non-hydrogen) atoms. The Morgan fingerprint density at radius 3 is 2.31 bits per heavy atom. The van der Waals surface area contributed by atoms with Crippen LogP contribution < -0.4 is 10.1 Å². The molecular weight excluding hydrogens is 206 g/mol. The van der Waals surface area contributed by atoms with E-state index in [0.29, 0.717) is 0 Å². The third-order valence-corrected chi connectivity index (χ3v) is 3.00. The number of hydrogen-bond donors (Lipinski definition) is 1. The number of carbonyl (C=O) groups is 2. The van der Waals surface area contributed by atoms with Crippen molar-refractivity contribution in [2.45, 2.75) is 18.8 Å². The highest BCUT2D eigenvalue weighted by atomic mass is 16.5. The van der Waals surface area contributed by atoms with Gasteiger partial charge in [-0.05, 0) is 24.6 Å². The largest absolute Gasteiger partial charge is 0.497 e. The molecule has 84 valence electrons. The SMILES string of the molecule is COc1ccc([C@@]2(C)CC(=O)NC2=O)cc1. The summed E-state index contributed by atoms with van der Waals surface area (Å²) in [4.78, 5) is 22.9. The Balaban J connectivity index is 2.36. The molecule has 4 nitrogen and oxygen atoms in total. The predicted octanol–water partition coefficient (Wildman–Crippen LogP) is 0.999. The zero-order valence-corrected chi connectivity index (χ0v) is 9.24. The van der Waals surface area contributed by atoms with E-state index < -0.39 is 5.41 Å². The second kappa shape index (κ2) is 3.63. The maximum atomic E-state index is 11.7. The molecule has 1 aliphatic rings. The van der Waals surface area contributed by atoms with Gasteiger partial charge in [-0.1, -0.05) is 12.1 Å². The Labute approximate surface area is 93.6 Å². The summed E-state index contributed by atoms with van der Waals surface area (Å²) in [6, 6.07) is 7.21. The van der Waals surface area contributed by atoms with Gasteiger partial charge in [0.2, 0.25) is 11.8 Å². The van der Waals surface area contributed by atoms with Crippen LogP contribution in [0, 0.1) is 0 Å². The number of benzene rings is 1. The Morgan fingerprint density at radius 2 is 1.88 bits per heavy atom. The Kier molecular flexibility index (Phi) is 2.42. The average molecular weight is 219 g/mol. The van der Waals surface area contributed by atoms with Gasteiger partial charge in [-0.25, -0.2) is 0 Å². The van der Waals surface area contributed by atoms with Gasteiger partial charge in [0.05, 0.1) is 12.5 Å². The molecular formula is C12H13NO3. The van der Waals surface area contributed by atoms with Crippen LogP contribution in [0.25, 0.3) is 0 Å². The number of hydrogen-bond acceptors (Lipinski definition) is 3. The topological polar surface area (TPSA) is 55.4 Å². The highest BCUT2D eigenvalue weighted by Gasteiger charge is 2.43. The molecule has 1 aromatic carbocycles. The van der Waals surface area contributed by atoms with Crippen molar-refractivity contribution in [3.8, 4) is 5.75 Å². The van der Waals surface area contributed by atoms with Crippen LogP contribution in [-0.2, 0) is 15.0 Å². The van der Waals surface area contributed by atoms with E-state index >= 15 is 0 Å². The zero-order chi connectivity index (χ0) is 11.8. The van der Waals surface area contributed by atoms with Crippen molar-refractivity contribution in [1.29, 1.82) is 0 Å². The molecule has 1 N–H and O–H groups in total. The molecule has 1 fully saturated rings. The van der Waals surface area contributed by atoms with E-state index in [1.54, 1.807) is 26.2 Å². The van der Waals surface area contributed by atoms with E-state index in [9.17, 15) is 9.59 Å². The molecule has 1 heterocycles. The van der Waals surface area contributed by atoms with Gasteiger partial charge < -0.3 is 4.74 Å². The van der Waals surface area contributed by atoms with Crippen molar-refractivity contribution in [3.05, 3.63) is 29.8 Å². The maximum absolute atomic E-state index is 11.7. The summed E-state index contributed by atoms with van der Waals surface area (Å²) in [7, 11) is 1.59. The van der Waals surface area contributed by atoms with Crippen molar-refractivity contribution >= 4 is 11.8 Å². The second-order valence-corrected chi connectivity index (χ2v) is 4.11. The molecule has 0 aromatic heterocycles. The molecule has 0 radical (unpaired) electrons. The second-order valence-electron chi connectivity index (χ2n) is 4.11. The number of nitrogens with one attached hydrogen (secondary N) is 1. The summed E-state index contributed by atoms with van der Waals surface area (Å²) in [6.45, 7) is 1.77. The highest BCUT2D eigenvalue weighted by molar-refractivity contribution is 6.08. The molecule has 0 spiro atoms. The minimum Gasteiger partial charge on any atom is -0.497 e. The van der Waals surface area contributed by atoms with Crippen LogP contribution in [-0.4, -0.2) is 18.9 Å². The molecule has 0 saturated carbocycles. The fourth-order valence-electron chi connectivity index (χ4n) is 1.90. The minimum atomic E-state index is -0.747. The van der Waals surface area contributed by atoms with Crippen LogP contribution in [0.1, 0.15) is 18.9 Å². The van der Waals surface area contributed by atoms with Crippen molar-refractivity contribution in [2.24, 2.45) is 0 Å². The standard InChI is InChI=1S/C12H13NO3/c1-12(7-10(14)13-11(12)15)8-3-5-9(16-2)6-4-8/h3-6H,7H2,1-2H3,(H,13,14,15)/t12-/m1/s1. The van der Waals surface area contributed by atoms with Crippen molar-refractivity contribution < 1.29 is 14.3 Å². The van der Waals surface area contributed by atoms with Gasteiger partial charge in [0.1, 0.15) is 5.75 Å². The molecule has 2 amide bonds. The predicted molar refractivity (Wildman–Crippen MR) is 58.1 cm³/mol. The highest BCUT2D eigenvalue weighted by Crippen LogP contribution is 2.32. The quantitative estimate of drug-likeness (QED) is 0.755. The number of rotatable bonds is 2. The fraction of sp³-hybridized carbons (Fsp3) is 0.333. The van der Waals surface area contributed by atoms with Crippen LogP contribution in [0.5, 0.6) is 5.75 Å². The summed E-state index contributed by atoms with van der Waals surface area (Å²) in [6.07, 6.45) is 0.207. The first-order valence-electron chi connectivity index (χ1n) is 5.05. The summed E-state index contributed by atoms with van der Waals surface area (Å²) in [5.41, 5.74) is 0.0836. The lowest BCUT2D eigenvalue weighted by molar-refractivity contribution is -0.126. The Hall–Kier alpha value is -1.84. The Bertz CT molecular complexity index is 438. The van der Waals surface area contributed by atoms with Crippen molar-refractivity contribution in [2.75, 3.05) is 7.11 Å². The van der Waals surface area contributed by atoms with Crippen LogP contribution in [0.4, 0.5) is 0 Å². The number of carbonyl (C=O) groups excluding carboxylic acids is 2. The lowest BCUT2D eigenvalue weighted by Crippen LogP contribution is -2.32. The molecule has 4 heteroatoms. The first-order valence-corrected chi connectivity index (χ1v) is 5.05. The van der Waals surface area contributed by atoms with Crippen LogP contribution in [0.3, 0.4) is 0 Å². The number of amides is 2. The van der Waals surface area contributed by atoms with Gasteiger partial charge in [-0.2, -0.15) is 0 Å². The van der Waals surface area contributed by atoms with Gasteiger partial charge >= 0.3 is 0 Å². The van der Waals surface area contributed by atoms with Crippen molar-refractivity contribution in [3.63, 3.8) is 0 Å². The van der Waals surface area contributed by atoms with E-state index in [2.05, 4.69) is 5.32 Å². The van der Waals surface area contributed by atoms with Gasteiger partial charge in [0.15, 0.2) is 0 Å². The molecule has 2 rings (SSSR count). The van der Waals surface area contributed by atoms with E-state index in [4.69, 9.17) is 4.74 Å². The van der Waals surface area contributed by atoms with Gasteiger partial charge in [-0.3, -0.25) is 14.9 Å². The smallest absolute Gasteiger partial charge is 0.237 e. The van der Waals surface area contributed by atoms with Gasteiger partial charge in [-0.15, -0.1) is 0 Å². The monoisotopic (exact) mass is 219 g/mol. The summed E-state index contributed by atoms with van der Waals surface area (Å²) >= 11 is 0. The summed E-state index contributed by atoms with van der Waals surface area (Å²) in [5.74, 6) is 0.281. The zero-order valence-electron chi connectivity index (χ0n) is 9.24. The molecule has 1 aliphatic heterocycles. The van der Waals surface area contributed by atoms with Crippen LogP contribution in [0.2, 0.25) is 0 Å². The molecule has 1 saturated heterocycles. The number of ether oxygens (including phenoxy) is 1. The van der Waals surface area contributed by atoms with Gasteiger partial charge in [0, 0.05) is 6.42 Å². The van der Waals surface area contributed by atoms with Crippen LogP contribution in [0.15, 0.2) is 24.3 Å². The lowest BCUT2D eigenvalue weighted by atomic mass is 9.81. The van der Waals surface area contributed by atoms with E-state index in [0.717, 1.165) is 11.3 Å². The van der Waals surface area contributed by atoms with E-state index in [1.807, 2.05) is 12.1 Å². The molecule has 1 aromatic rings. The van der Waals surface area contributed by atoms with E-state index in [-0.39, 0.29) is 18.2 Å². The Morgan fingerprint density at radius 1 is 1.25 bits per heavy atom. The molecule has 0 bridgehead atoms. The first kappa shape index (κ1) is 10.7. The lowest BCUT2D eigenvalue weighted by Gasteiger charge is -2.20. The summed E-state index contributed by atoms with van der Waals surface area (Å²) in [5, 5.41) is 2.33. The van der Waals surface area contributed by atoms with Crippen molar-refractivity contribution in [1.82, 2.24) is 5.32 Å². The third-order valence-electron chi connectivity index (χ3n) is 3.00. The number of methoxy groups -OCH3 is 1. The summed E-state index contributed by atoms with van der Waals surface area (Å²) < 4.78 is 5.05. The molecule has 0 unspecified atom stereocenters. The normalized spacial score (nSPS) is 24.4. The first-order chi connectivity index (χ1) is 7.56.